The van der Waals surface area contributed by atoms with E-state index in [0.717, 1.165) is 17.9 Å². The monoisotopic (exact) mass is 292 g/mol. The Balaban J connectivity index is 1.67. The van der Waals surface area contributed by atoms with Gasteiger partial charge in [0.1, 0.15) is 0 Å². The van der Waals surface area contributed by atoms with Gasteiger partial charge in [-0.05, 0) is 57.8 Å². The fraction of sp³-hybridized carbons (Fsp3) is 0.600. The maximum atomic E-state index is 6.14. The van der Waals surface area contributed by atoms with Gasteiger partial charge in [0.2, 0.25) is 0 Å². The highest BCUT2D eigenvalue weighted by atomic mass is 35.5. The Morgan fingerprint density at radius 2 is 2.10 bits per heavy atom. The van der Waals surface area contributed by atoms with E-state index in [1.165, 1.54) is 25.9 Å². The average Bonchev–Trinajstić information content (AvgIpc) is 2.83. The zero-order valence-electron chi connectivity index (χ0n) is 12.1. The van der Waals surface area contributed by atoms with E-state index in [1.807, 2.05) is 18.3 Å². The summed E-state index contributed by atoms with van der Waals surface area (Å²) in [5.74, 6) is 1.61. The molecule has 0 amide bonds. The number of halogens is 1. The van der Waals surface area contributed by atoms with E-state index in [9.17, 15) is 0 Å². The third-order valence-corrected chi connectivity index (χ3v) is 4.50. The Morgan fingerprint density at radius 1 is 1.35 bits per heavy atom. The molecule has 0 N–H and O–H groups in total. The summed E-state index contributed by atoms with van der Waals surface area (Å²) in [7, 11) is 0. The maximum absolute atomic E-state index is 6.14. The van der Waals surface area contributed by atoms with Crippen molar-refractivity contribution in [2.75, 3.05) is 13.1 Å². The fourth-order valence-electron chi connectivity index (χ4n) is 2.94. The number of aromatic nitrogens is 3. The van der Waals surface area contributed by atoms with Gasteiger partial charge < -0.3 is 4.90 Å². The predicted molar refractivity (Wildman–Crippen MR) is 81.1 cm³/mol. The summed E-state index contributed by atoms with van der Waals surface area (Å²) in [6, 6.07) is 4.41. The Bertz CT molecular complexity index is 585. The maximum Gasteiger partial charge on any atom is 0.174 e. The van der Waals surface area contributed by atoms with Crippen molar-refractivity contribution >= 4 is 17.2 Å². The standard InChI is InChI=1S/C15H21ClN4/c1-11(2)19-8-5-12(6-9-19)10-14-17-15-13(16)4-3-7-20(15)18-14/h3-4,7,11-12H,5-6,8-10H2,1-2H3. The van der Waals surface area contributed by atoms with Gasteiger partial charge in [0.25, 0.3) is 0 Å². The zero-order chi connectivity index (χ0) is 14.1. The molecular formula is C15H21ClN4. The largest absolute Gasteiger partial charge is 0.301 e. The van der Waals surface area contributed by atoms with Gasteiger partial charge in [-0.15, -0.1) is 0 Å². The first kappa shape index (κ1) is 13.8. The van der Waals surface area contributed by atoms with Gasteiger partial charge in [-0.3, -0.25) is 0 Å². The molecule has 1 fully saturated rings. The molecular weight excluding hydrogens is 272 g/mol. The van der Waals surface area contributed by atoms with Crippen molar-refractivity contribution < 1.29 is 0 Å². The Hall–Kier alpha value is -1.13. The molecule has 0 aliphatic carbocycles. The van der Waals surface area contributed by atoms with Gasteiger partial charge in [-0.2, -0.15) is 5.10 Å². The highest BCUT2D eigenvalue weighted by Crippen LogP contribution is 2.23. The first-order chi connectivity index (χ1) is 9.63. The van der Waals surface area contributed by atoms with E-state index >= 15 is 0 Å². The van der Waals surface area contributed by atoms with Crippen molar-refractivity contribution in [1.29, 1.82) is 0 Å². The lowest BCUT2D eigenvalue weighted by Crippen LogP contribution is -2.38. The van der Waals surface area contributed by atoms with Crippen molar-refractivity contribution in [3.05, 3.63) is 29.2 Å². The minimum atomic E-state index is 0.656. The minimum Gasteiger partial charge on any atom is -0.301 e. The van der Waals surface area contributed by atoms with E-state index in [2.05, 4.69) is 28.8 Å². The lowest BCUT2D eigenvalue weighted by Gasteiger charge is -2.34. The number of hydrogen-bond acceptors (Lipinski definition) is 3. The van der Waals surface area contributed by atoms with Crippen LogP contribution in [0, 0.1) is 5.92 Å². The van der Waals surface area contributed by atoms with Crippen molar-refractivity contribution in [3.63, 3.8) is 0 Å². The summed E-state index contributed by atoms with van der Waals surface area (Å²) in [5.41, 5.74) is 0.767. The Labute approximate surface area is 124 Å². The van der Waals surface area contributed by atoms with E-state index in [0.29, 0.717) is 17.0 Å². The summed E-state index contributed by atoms with van der Waals surface area (Å²) in [6.07, 6.45) is 5.34. The topological polar surface area (TPSA) is 33.4 Å². The summed E-state index contributed by atoms with van der Waals surface area (Å²) in [5, 5.41) is 5.20. The lowest BCUT2D eigenvalue weighted by molar-refractivity contribution is 0.148. The van der Waals surface area contributed by atoms with Crippen LogP contribution in [0.3, 0.4) is 0 Å². The number of fused-ring (bicyclic) bond motifs is 1. The van der Waals surface area contributed by atoms with Crippen LogP contribution in [0.5, 0.6) is 0 Å². The molecule has 1 aliphatic heterocycles. The summed E-state index contributed by atoms with van der Waals surface area (Å²) in [6.45, 7) is 6.92. The van der Waals surface area contributed by atoms with Crippen LogP contribution in [0.1, 0.15) is 32.5 Å². The molecule has 0 spiro atoms. The summed E-state index contributed by atoms with van der Waals surface area (Å²) < 4.78 is 1.78. The minimum absolute atomic E-state index is 0.656. The molecule has 0 aromatic carbocycles. The van der Waals surface area contributed by atoms with E-state index < -0.39 is 0 Å². The van der Waals surface area contributed by atoms with Gasteiger partial charge >= 0.3 is 0 Å². The molecule has 5 heteroatoms. The van der Waals surface area contributed by atoms with Crippen LogP contribution in [-0.2, 0) is 6.42 Å². The van der Waals surface area contributed by atoms with E-state index in [4.69, 9.17) is 11.6 Å². The van der Waals surface area contributed by atoms with Gasteiger partial charge in [0, 0.05) is 18.7 Å². The van der Waals surface area contributed by atoms with Gasteiger partial charge in [-0.25, -0.2) is 9.50 Å². The lowest BCUT2D eigenvalue weighted by atomic mass is 9.93. The highest BCUT2D eigenvalue weighted by Gasteiger charge is 2.22. The van der Waals surface area contributed by atoms with Gasteiger partial charge in [-0.1, -0.05) is 11.6 Å². The van der Waals surface area contributed by atoms with Crippen molar-refractivity contribution in [1.82, 2.24) is 19.5 Å². The van der Waals surface area contributed by atoms with Crippen LogP contribution in [0.2, 0.25) is 5.02 Å². The number of hydrogen-bond donors (Lipinski definition) is 0. The quantitative estimate of drug-likeness (QED) is 0.872. The number of pyridine rings is 1. The first-order valence-electron chi connectivity index (χ1n) is 7.37. The van der Waals surface area contributed by atoms with E-state index in [1.54, 1.807) is 4.52 Å². The van der Waals surface area contributed by atoms with E-state index in [-0.39, 0.29) is 0 Å². The molecule has 0 radical (unpaired) electrons. The third-order valence-electron chi connectivity index (χ3n) is 4.21. The predicted octanol–water partition coefficient (Wildman–Crippen LogP) is 3.05. The molecule has 2 aromatic rings. The number of likely N-dealkylation sites (tertiary alicyclic amines) is 1. The summed E-state index contributed by atoms with van der Waals surface area (Å²) in [4.78, 5) is 7.11. The molecule has 0 atom stereocenters. The second-order valence-electron chi connectivity index (χ2n) is 5.93. The second-order valence-corrected chi connectivity index (χ2v) is 6.34. The molecule has 3 heterocycles. The molecule has 0 saturated carbocycles. The third kappa shape index (κ3) is 2.81. The molecule has 108 valence electrons. The van der Waals surface area contributed by atoms with Crippen LogP contribution >= 0.6 is 11.6 Å². The molecule has 3 rings (SSSR count). The van der Waals surface area contributed by atoms with Crippen molar-refractivity contribution in [2.24, 2.45) is 5.92 Å². The van der Waals surface area contributed by atoms with Gasteiger partial charge in [0.05, 0.1) is 5.02 Å². The van der Waals surface area contributed by atoms with Crippen LogP contribution in [-0.4, -0.2) is 38.6 Å². The number of piperidine rings is 1. The van der Waals surface area contributed by atoms with Crippen LogP contribution in [0.15, 0.2) is 18.3 Å². The Kier molecular flexibility index (Phi) is 3.94. The molecule has 2 aromatic heterocycles. The first-order valence-corrected chi connectivity index (χ1v) is 7.75. The molecule has 4 nitrogen and oxygen atoms in total. The van der Waals surface area contributed by atoms with Crippen molar-refractivity contribution in [2.45, 2.75) is 39.2 Å². The van der Waals surface area contributed by atoms with Crippen molar-refractivity contribution in [3.8, 4) is 0 Å². The van der Waals surface area contributed by atoms with Gasteiger partial charge in [0.15, 0.2) is 11.5 Å². The molecule has 1 saturated heterocycles. The normalized spacial score (nSPS) is 18.2. The summed E-state index contributed by atoms with van der Waals surface area (Å²) >= 11 is 6.14. The van der Waals surface area contributed by atoms with Crippen LogP contribution < -0.4 is 0 Å². The zero-order valence-corrected chi connectivity index (χ0v) is 12.8. The molecule has 20 heavy (non-hydrogen) atoms. The smallest absolute Gasteiger partial charge is 0.174 e. The molecule has 0 bridgehead atoms. The van der Waals surface area contributed by atoms with Crippen LogP contribution in [0.25, 0.3) is 5.65 Å². The fourth-order valence-corrected chi connectivity index (χ4v) is 3.14. The number of nitrogens with zero attached hydrogens (tertiary/aromatic N) is 4. The molecule has 1 aliphatic rings. The molecule has 0 unspecified atom stereocenters. The SMILES string of the molecule is CC(C)N1CCC(Cc2nc3c(Cl)cccn3n2)CC1. The van der Waals surface area contributed by atoms with Crippen LogP contribution in [0.4, 0.5) is 0 Å². The Morgan fingerprint density at radius 3 is 2.75 bits per heavy atom. The second kappa shape index (κ2) is 5.70. The average molecular weight is 293 g/mol. The highest BCUT2D eigenvalue weighted by molar-refractivity contribution is 6.33. The number of rotatable bonds is 3.